The van der Waals surface area contributed by atoms with Gasteiger partial charge in [-0.1, -0.05) is 60.1 Å². The van der Waals surface area contributed by atoms with Crippen molar-refractivity contribution in [1.29, 1.82) is 0 Å². The zero-order valence-electron chi connectivity index (χ0n) is 18.7. The monoisotopic (exact) mass is 484 g/mol. The average molecular weight is 485 g/mol. The molecule has 0 radical (unpaired) electrons. The lowest BCUT2D eigenvalue weighted by Gasteiger charge is -2.38. The van der Waals surface area contributed by atoms with E-state index in [1.807, 2.05) is 24.3 Å². The molecule has 1 aliphatic rings. The Labute approximate surface area is 201 Å². The summed E-state index contributed by atoms with van der Waals surface area (Å²) >= 11 is 6.41. The first-order chi connectivity index (χ1) is 16.0. The molecular weight excluding hydrogens is 456 g/mol. The second kappa shape index (κ2) is 10.7. The van der Waals surface area contributed by atoms with Crippen molar-refractivity contribution in [2.24, 2.45) is 0 Å². The molecule has 0 bridgehead atoms. The Morgan fingerprint density at radius 1 is 0.939 bits per heavy atom. The van der Waals surface area contributed by atoms with Crippen molar-refractivity contribution in [2.45, 2.75) is 36.9 Å². The van der Waals surface area contributed by atoms with E-state index in [-0.39, 0.29) is 17.5 Å². The first-order valence-corrected chi connectivity index (χ1v) is 12.9. The van der Waals surface area contributed by atoms with Gasteiger partial charge in [0.25, 0.3) is 0 Å². The summed E-state index contributed by atoms with van der Waals surface area (Å²) in [4.78, 5) is 2.65. The second-order valence-electron chi connectivity index (χ2n) is 8.31. The van der Waals surface area contributed by atoms with E-state index >= 15 is 0 Å². The molecule has 3 aromatic carbocycles. The van der Waals surface area contributed by atoms with Crippen LogP contribution in [0.25, 0.3) is 0 Å². The molecule has 0 spiro atoms. The fourth-order valence-electron chi connectivity index (χ4n) is 4.29. The first-order valence-electron chi connectivity index (χ1n) is 11.1. The number of piperidine rings is 1. The minimum absolute atomic E-state index is 0.0969. The molecule has 33 heavy (non-hydrogen) atoms. The summed E-state index contributed by atoms with van der Waals surface area (Å²) < 4.78 is 34.3. The molecule has 0 aliphatic carbocycles. The van der Waals surface area contributed by atoms with Crippen molar-refractivity contribution in [3.05, 3.63) is 95.0 Å². The van der Waals surface area contributed by atoms with Crippen molar-refractivity contribution in [3.63, 3.8) is 0 Å². The summed E-state index contributed by atoms with van der Waals surface area (Å²) in [5, 5.41) is 0.578. The third-order valence-corrected chi connectivity index (χ3v) is 8.44. The highest BCUT2D eigenvalue weighted by molar-refractivity contribution is 7.89. The largest absolute Gasteiger partial charge is 0.497 e. The molecule has 3 aromatic rings. The van der Waals surface area contributed by atoms with Crippen molar-refractivity contribution < 1.29 is 13.2 Å². The van der Waals surface area contributed by atoms with Crippen LogP contribution in [0, 0.1) is 0 Å². The summed E-state index contributed by atoms with van der Waals surface area (Å²) in [6.45, 7) is 2.81. The predicted molar refractivity (Wildman–Crippen MR) is 132 cm³/mol. The van der Waals surface area contributed by atoms with Crippen molar-refractivity contribution in [1.82, 2.24) is 9.21 Å². The topological polar surface area (TPSA) is 49.9 Å². The summed E-state index contributed by atoms with van der Waals surface area (Å²) in [6, 6.07) is 24.3. The highest BCUT2D eigenvalue weighted by Gasteiger charge is 2.34. The average Bonchev–Trinajstić information content (AvgIpc) is 2.85. The minimum atomic E-state index is -3.72. The van der Waals surface area contributed by atoms with Gasteiger partial charge in [0.1, 0.15) is 5.75 Å². The predicted octanol–water partition coefficient (Wildman–Crippen LogP) is 5.20. The maximum Gasteiger partial charge on any atom is 0.243 e. The van der Waals surface area contributed by atoms with E-state index in [0.29, 0.717) is 10.8 Å². The number of likely N-dealkylation sites (tertiary alicyclic amines) is 1. The van der Waals surface area contributed by atoms with Crippen molar-refractivity contribution in [2.75, 3.05) is 20.2 Å². The molecule has 0 saturated carbocycles. The van der Waals surface area contributed by atoms with Gasteiger partial charge in [-0.15, -0.1) is 0 Å². The van der Waals surface area contributed by atoms with Crippen molar-refractivity contribution >= 4 is 21.6 Å². The van der Waals surface area contributed by atoms with Gasteiger partial charge in [-0.25, -0.2) is 8.42 Å². The van der Waals surface area contributed by atoms with Crippen LogP contribution in [0.4, 0.5) is 0 Å². The number of sulfonamides is 1. The van der Waals surface area contributed by atoms with E-state index in [2.05, 4.69) is 29.2 Å². The van der Waals surface area contributed by atoms with Crippen LogP contribution in [0.1, 0.15) is 24.0 Å². The first kappa shape index (κ1) is 23.8. The SMILES string of the molecule is COc1ccc(S(=O)(=O)N(Cc2ccccc2Cl)C2CCN(Cc3ccccc3)CC2)cc1. The zero-order chi connectivity index (χ0) is 23.3. The Balaban J connectivity index is 1.56. The van der Waals surface area contributed by atoms with E-state index in [1.54, 1.807) is 41.7 Å². The summed E-state index contributed by atoms with van der Waals surface area (Å²) in [7, 11) is -2.15. The highest BCUT2D eigenvalue weighted by Crippen LogP contribution is 2.29. The number of halogens is 1. The van der Waals surface area contributed by atoms with Crippen LogP contribution < -0.4 is 4.74 Å². The molecule has 1 heterocycles. The maximum absolute atomic E-state index is 13.7. The van der Waals surface area contributed by atoms with Gasteiger partial charge in [-0.2, -0.15) is 4.31 Å². The molecule has 7 heteroatoms. The number of hydrogen-bond acceptors (Lipinski definition) is 4. The quantitative estimate of drug-likeness (QED) is 0.440. The number of nitrogens with zero attached hydrogens (tertiary/aromatic N) is 2. The van der Waals surface area contributed by atoms with Gasteiger partial charge >= 0.3 is 0 Å². The fourth-order valence-corrected chi connectivity index (χ4v) is 6.15. The summed E-state index contributed by atoms with van der Waals surface area (Å²) in [5.41, 5.74) is 2.08. The highest BCUT2D eigenvalue weighted by atomic mass is 35.5. The number of benzene rings is 3. The van der Waals surface area contributed by atoms with Crippen LogP contribution >= 0.6 is 11.6 Å². The maximum atomic E-state index is 13.7. The number of hydrogen-bond donors (Lipinski definition) is 0. The molecule has 174 valence electrons. The molecule has 4 rings (SSSR count). The van der Waals surface area contributed by atoms with Gasteiger partial charge in [0.2, 0.25) is 10.0 Å². The number of methoxy groups -OCH3 is 1. The molecule has 1 saturated heterocycles. The Bertz CT molecular complexity index is 1150. The number of rotatable bonds is 8. The van der Waals surface area contributed by atoms with Gasteiger partial charge in [-0.05, 0) is 54.3 Å². The Morgan fingerprint density at radius 2 is 1.58 bits per heavy atom. The smallest absolute Gasteiger partial charge is 0.243 e. The van der Waals surface area contributed by atoms with Gasteiger partial charge in [-0.3, -0.25) is 4.90 Å². The standard InChI is InChI=1S/C26H29ClN2O3S/c1-32-24-11-13-25(14-12-24)33(30,31)29(20-22-9-5-6-10-26(22)27)23-15-17-28(18-16-23)19-21-7-3-2-4-8-21/h2-14,23H,15-20H2,1H3. The molecule has 0 atom stereocenters. The van der Waals surface area contributed by atoms with Gasteiger partial charge in [0.05, 0.1) is 12.0 Å². The zero-order valence-corrected chi connectivity index (χ0v) is 20.3. The van der Waals surface area contributed by atoms with E-state index in [9.17, 15) is 8.42 Å². The van der Waals surface area contributed by atoms with Crippen LogP contribution in [0.5, 0.6) is 5.75 Å². The lowest BCUT2D eigenvalue weighted by Crippen LogP contribution is -2.46. The molecule has 0 N–H and O–H groups in total. The van der Waals surface area contributed by atoms with E-state index < -0.39 is 10.0 Å². The van der Waals surface area contributed by atoms with E-state index in [1.165, 1.54) is 5.56 Å². The van der Waals surface area contributed by atoms with E-state index in [4.69, 9.17) is 16.3 Å². The van der Waals surface area contributed by atoms with Gasteiger partial charge in [0, 0.05) is 37.2 Å². The van der Waals surface area contributed by atoms with Crippen molar-refractivity contribution in [3.8, 4) is 5.75 Å². The number of ether oxygens (including phenoxy) is 1. The van der Waals surface area contributed by atoms with Gasteiger partial charge in [0.15, 0.2) is 0 Å². The van der Waals surface area contributed by atoms with Crippen LogP contribution in [-0.4, -0.2) is 43.9 Å². The van der Waals surface area contributed by atoms with Crippen LogP contribution in [-0.2, 0) is 23.1 Å². The van der Waals surface area contributed by atoms with Crippen LogP contribution in [0.15, 0.2) is 83.8 Å². The second-order valence-corrected chi connectivity index (χ2v) is 10.6. The molecular formula is C26H29ClN2O3S. The van der Waals surface area contributed by atoms with Gasteiger partial charge < -0.3 is 4.74 Å². The van der Waals surface area contributed by atoms with E-state index in [0.717, 1.165) is 38.0 Å². The van der Waals surface area contributed by atoms with Crippen LogP contribution in [0.3, 0.4) is 0 Å². The summed E-state index contributed by atoms with van der Waals surface area (Å²) in [6.07, 6.45) is 1.54. The third kappa shape index (κ3) is 5.76. The normalized spacial score (nSPS) is 15.6. The molecule has 0 aromatic heterocycles. The summed E-state index contributed by atoms with van der Waals surface area (Å²) in [5.74, 6) is 0.626. The lowest BCUT2D eigenvalue weighted by atomic mass is 10.0. The van der Waals surface area contributed by atoms with Crippen LogP contribution in [0.2, 0.25) is 5.02 Å². The molecule has 1 aliphatic heterocycles. The third-order valence-electron chi connectivity index (χ3n) is 6.16. The Kier molecular flexibility index (Phi) is 7.71. The minimum Gasteiger partial charge on any atom is -0.497 e. The lowest BCUT2D eigenvalue weighted by molar-refractivity contribution is 0.150. The molecule has 5 nitrogen and oxygen atoms in total. The molecule has 0 amide bonds. The Hall–Kier alpha value is -2.38. The molecule has 1 fully saturated rings. The Morgan fingerprint density at radius 3 is 2.21 bits per heavy atom. The fraction of sp³-hybridized carbons (Fsp3) is 0.308. The molecule has 0 unspecified atom stereocenters.